The molecule has 0 radical (unpaired) electrons. The van der Waals surface area contributed by atoms with Crippen LogP contribution in [0.25, 0.3) is 10.9 Å². The van der Waals surface area contributed by atoms with Gasteiger partial charge in [-0.15, -0.1) is 0 Å². The van der Waals surface area contributed by atoms with Crippen LogP contribution in [0.15, 0.2) is 18.2 Å². The lowest BCUT2D eigenvalue weighted by Crippen LogP contribution is -2.00. The number of nitrogens with two attached hydrogens (primary N) is 1. The lowest BCUT2D eigenvalue weighted by Gasteiger charge is -2.11. The number of fused-ring (bicyclic) bond motifs is 1. The van der Waals surface area contributed by atoms with Gasteiger partial charge >= 0.3 is 0 Å². The third-order valence-corrected chi connectivity index (χ3v) is 2.76. The number of pyridine rings is 1. The van der Waals surface area contributed by atoms with E-state index in [0.717, 1.165) is 16.6 Å². The monoisotopic (exact) mass is 218 g/mol. The fourth-order valence-electron chi connectivity index (χ4n) is 1.83. The molecular weight excluding hydrogens is 203 g/mol. The van der Waals surface area contributed by atoms with Gasteiger partial charge in [0.05, 0.1) is 0 Å². The van der Waals surface area contributed by atoms with Crippen molar-refractivity contribution in [3.05, 3.63) is 35.3 Å². The summed E-state index contributed by atoms with van der Waals surface area (Å²) in [5.74, 6) is -0.0681. The molecule has 0 unspecified atom stereocenters. The first-order chi connectivity index (χ1) is 7.50. The van der Waals surface area contributed by atoms with Crippen LogP contribution in [0, 0.1) is 12.7 Å². The summed E-state index contributed by atoms with van der Waals surface area (Å²) < 4.78 is 13.7. The van der Waals surface area contributed by atoms with E-state index in [1.54, 1.807) is 6.07 Å². The van der Waals surface area contributed by atoms with E-state index in [0.29, 0.717) is 11.2 Å². The Morgan fingerprint density at radius 2 is 2.00 bits per heavy atom. The Kier molecular flexibility index (Phi) is 2.54. The van der Waals surface area contributed by atoms with Crippen LogP contribution in [0.5, 0.6) is 0 Å². The zero-order chi connectivity index (χ0) is 11.9. The first-order valence-electron chi connectivity index (χ1n) is 5.36. The van der Waals surface area contributed by atoms with E-state index in [2.05, 4.69) is 4.98 Å². The molecule has 2 nitrogen and oxygen atoms in total. The van der Waals surface area contributed by atoms with Crippen LogP contribution in [-0.2, 0) is 0 Å². The zero-order valence-electron chi connectivity index (χ0n) is 9.71. The molecule has 0 aliphatic carbocycles. The van der Waals surface area contributed by atoms with Crippen molar-refractivity contribution in [1.82, 2.24) is 4.98 Å². The molecule has 1 heterocycles. The summed E-state index contributed by atoms with van der Waals surface area (Å²) in [4.78, 5) is 4.34. The second-order valence-electron chi connectivity index (χ2n) is 4.38. The summed E-state index contributed by atoms with van der Waals surface area (Å²) in [5.41, 5.74) is 8.72. The van der Waals surface area contributed by atoms with Gasteiger partial charge in [0.1, 0.15) is 11.3 Å². The Labute approximate surface area is 94.3 Å². The quantitative estimate of drug-likeness (QED) is 0.796. The van der Waals surface area contributed by atoms with E-state index in [-0.39, 0.29) is 11.7 Å². The molecule has 3 heteroatoms. The van der Waals surface area contributed by atoms with Gasteiger partial charge in [0.25, 0.3) is 0 Å². The second-order valence-corrected chi connectivity index (χ2v) is 4.38. The maximum atomic E-state index is 13.7. The average Bonchev–Trinajstić information content (AvgIpc) is 2.22. The van der Waals surface area contributed by atoms with Gasteiger partial charge in [0.15, 0.2) is 0 Å². The van der Waals surface area contributed by atoms with Crippen molar-refractivity contribution in [2.24, 2.45) is 0 Å². The molecule has 0 bridgehead atoms. The van der Waals surface area contributed by atoms with Crippen LogP contribution in [0.1, 0.15) is 31.0 Å². The molecule has 0 aliphatic heterocycles. The minimum atomic E-state index is -0.310. The van der Waals surface area contributed by atoms with Gasteiger partial charge in [-0.2, -0.15) is 0 Å². The summed E-state index contributed by atoms with van der Waals surface area (Å²) in [5, 5.41) is 0.726. The smallest absolute Gasteiger partial charge is 0.149 e. The maximum absolute atomic E-state index is 13.7. The predicted molar refractivity (Wildman–Crippen MR) is 64.9 cm³/mol. The highest BCUT2D eigenvalue weighted by Crippen LogP contribution is 2.28. The molecule has 1 aromatic heterocycles. The zero-order valence-corrected chi connectivity index (χ0v) is 9.71. The number of hydrogen-bond acceptors (Lipinski definition) is 2. The van der Waals surface area contributed by atoms with Gasteiger partial charge < -0.3 is 5.73 Å². The molecule has 1 aromatic carbocycles. The van der Waals surface area contributed by atoms with Gasteiger partial charge in [-0.3, -0.25) is 0 Å². The first kappa shape index (κ1) is 10.9. The number of halogens is 1. The van der Waals surface area contributed by atoms with Crippen LogP contribution in [0.2, 0.25) is 0 Å². The molecule has 0 saturated heterocycles. The molecule has 2 aromatic rings. The number of aryl methyl sites for hydroxylation is 1. The fraction of sp³-hybridized carbons (Fsp3) is 0.308. The van der Waals surface area contributed by atoms with Crippen LogP contribution in [0.3, 0.4) is 0 Å². The van der Waals surface area contributed by atoms with Crippen LogP contribution < -0.4 is 5.73 Å². The predicted octanol–water partition coefficient (Wildman–Crippen LogP) is 3.39. The summed E-state index contributed by atoms with van der Waals surface area (Å²) in [6, 6.07) is 5.00. The number of aromatic nitrogens is 1. The van der Waals surface area contributed by atoms with E-state index in [1.807, 2.05) is 26.8 Å². The molecule has 16 heavy (non-hydrogen) atoms. The van der Waals surface area contributed by atoms with Crippen molar-refractivity contribution in [2.45, 2.75) is 26.7 Å². The Hall–Kier alpha value is -1.64. The average molecular weight is 218 g/mol. The highest BCUT2D eigenvalue weighted by atomic mass is 19.1. The molecule has 0 amide bonds. The van der Waals surface area contributed by atoms with Crippen LogP contribution in [0.4, 0.5) is 10.1 Å². The number of rotatable bonds is 1. The van der Waals surface area contributed by atoms with E-state index in [9.17, 15) is 4.39 Å². The van der Waals surface area contributed by atoms with Crippen molar-refractivity contribution < 1.29 is 4.39 Å². The Bertz CT molecular complexity index is 547. The molecule has 0 saturated carbocycles. The minimum Gasteiger partial charge on any atom is -0.398 e. The molecule has 2 N–H and O–H groups in total. The van der Waals surface area contributed by atoms with E-state index >= 15 is 0 Å². The number of benzene rings is 1. The van der Waals surface area contributed by atoms with Gasteiger partial charge in [-0.25, -0.2) is 9.37 Å². The summed E-state index contributed by atoms with van der Waals surface area (Å²) in [7, 11) is 0. The Morgan fingerprint density at radius 3 is 2.62 bits per heavy atom. The van der Waals surface area contributed by atoms with Crippen LogP contribution >= 0.6 is 0 Å². The van der Waals surface area contributed by atoms with Crippen molar-refractivity contribution in [3.63, 3.8) is 0 Å². The highest BCUT2D eigenvalue weighted by molar-refractivity contribution is 5.93. The normalized spacial score (nSPS) is 11.3. The molecular formula is C13H15FN2. The number of nitrogen functional groups attached to an aromatic ring is 1. The number of nitrogens with zero attached hydrogens (tertiary/aromatic N) is 1. The van der Waals surface area contributed by atoms with Gasteiger partial charge in [-0.1, -0.05) is 19.9 Å². The molecule has 0 spiro atoms. The molecule has 0 atom stereocenters. The lowest BCUT2D eigenvalue weighted by atomic mass is 10.0. The molecule has 0 aliphatic rings. The van der Waals surface area contributed by atoms with Gasteiger partial charge in [0.2, 0.25) is 0 Å². The summed E-state index contributed by atoms with van der Waals surface area (Å²) in [6.45, 7) is 5.94. The summed E-state index contributed by atoms with van der Waals surface area (Å²) >= 11 is 0. The maximum Gasteiger partial charge on any atom is 0.149 e. The fourth-order valence-corrected chi connectivity index (χ4v) is 1.83. The Morgan fingerprint density at radius 1 is 1.31 bits per heavy atom. The number of anilines is 1. The van der Waals surface area contributed by atoms with Crippen LogP contribution in [-0.4, -0.2) is 4.98 Å². The molecule has 0 fully saturated rings. The SMILES string of the molecule is Cc1ccc(F)c2nc(C(C)C)cc(N)c12. The van der Waals surface area contributed by atoms with E-state index in [4.69, 9.17) is 5.73 Å². The van der Waals surface area contributed by atoms with Crippen molar-refractivity contribution >= 4 is 16.6 Å². The third-order valence-electron chi connectivity index (χ3n) is 2.76. The standard InChI is InChI=1S/C13H15FN2/c1-7(2)11-6-10(15)12-8(3)4-5-9(14)13(12)16-11/h4-7H,1-3H3,(H2,15,16). The third kappa shape index (κ3) is 1.62. The second kappa shape index (κ2) is 3.74. The highest BCUT2D eigenvalue weighted by Gasteiger charge is 2.11. The lowest BCUT2D eigenvalue weighted by molar-refractivity contribution is 0.635. The van der Waals surface area contributed by atoms with Gasteiger partial charge in [0, 0.05) is 16.8 Å². The number of hydrogen-bond donors (Lipinski definition) is 1. The largest absolute Gasteiger partial charge is 0.398 e. The van der Waals surface area contributed by atoms with Crippen molar-refractivity contribution in [1.29, 1.82) is 0 Å². The molecule has 2 rings (SSSR count). The van der Waals surface area contributed by atoms with Crippen molar-refractivity contribution in [2.75, 3.05) is 5.73 Å². The first-order valence-corrected chi connectivity index (χ1v) is 5.36. The van der Waals surface area contributed by atoms with E-state index < -0.39 is 0 Å². The summed E-state index contributed by atoms with van der Waals surface area (Å²) in [6.07, 6.45) is 0. The van der Waals surface area contributed by atoms with E-state index in [1.165, 1.54) is 6.07 Å². The van der Waals surface area contributed by atoms with Crippen molar-refractivity contribution in [3.8, 4) is 0 Å². The topological polar surface area (TPSA) is 38.9 Å². The molecule has 84 valence electrons. The Balaban J connectivity index is 2.86. The van der Waals surface area contributed by atoms with Gasteiger partial charge in [-0.05, 0) is 30.5 Å². The minimum absolute atomic E-state index is 0.242.